The number of pyridine rings is 1. The van der Waals surface area contributed by atoms with Crippen LogP contribution in [0.4, 0.5) is 0 Å². The average molecular weight is 179 g/mol. The van der Waals surface area contributed by atoms with Crippen molar-refractivity contribution in [2.45, 2.75) is 0 Å². The molecule has 0 fully saturated rings. The predicted molar refractivity (Wildman–Crippen MR) is 49.4 cm³/mol. The topological polar surface area (TPSA) is 88.2 Å². The van der Waals surface area contributed by atoms with Gasteiger partial charge in [-0.3, -0.25) is 9.78 Å². The van der Waals surface area contributed by atoms with Gasteiger partial charge in [0.15, 0.2) is 0 Å². The van der Waals surface area contributed by atoms with Gasteiger partial charge in [0.05, 0.1) is 0 Å². The second-order valence-electron chi connectivity index (χ2n) is 2.50. The summed E-state index contributed by atoms with van der Waals surface area (Å²) >= 11 is 0. The van der Waals surface area contributed by atoms with E-state index in [1.165, 1.54) is 19.3 Å². The number of rotatable bonds is 2. The molecule has 0 aromatic carbocycles. The zero-order chi connectivity index (χ0) is 9.84. The molecule has 1 aromatic heterocycles. The molecule has 0 aliphatic carbocycles. The molecule has 1 amide bonds. The first-order valence-electron chi connectivity index (χ1n) is 3.77. The Morgan fingerprint density at radius 2 is 2.38 bits per heavy atom. The molecule has 0 aliphatic heterocycles. The van der Waals surface area contributed by atoms with Crippen LogP contribution in [0.5, 0.6) is 0 Å². The lowest BCUT2D eigenvalue weighted by atomic mass is 9.77. The van der Waals surface area contributed by atoms with Gasteiger partial charge in [-0.2, -0.15) is 0 Å². The second kappa shape index (κ2) is 4.02. The summed E-state index contributed by atoms with van der Waals surface area (Å²) in [6.07, 6.45) is 1.37. The van der Waals surface area contributed by atoms with Crippen molar-refractivity contribution in [3.63, 3.8) is 0 Å². The highest BCUT2D eigenvalue weighted by Gasteiger charge is 2.10. The Balaban J connectivity index is 2.87. The van der Waals surface area contributed by atoms with Crippen LogP contribution in [-0.2, 0) is 0 Å². The highest BCUT2D eigenvalue weighted by molar-refractivity contribution is 6.62. The van der Waals surface area contributed by atoms with Crippen LogP contribution in [-0.4, -0.2) is 30.0 Å². The molecule has 68 valence electrons. The zero-order valence-electron chi connectivity index (χ0n) is 7.19. The first-order valence-corrected chi connectivity index (χ1v) is 3.77. The molecule has 1 heterocycles. The molecule has 6 heteroatoms. The average Bonchev–Trinajstić information content (AvgIpc) is 2.17. The van der Waals surface area contributed by atoms with Gasteiger partial charge in [0.25, 0.3) is 5.91 Å². The summed E-state index contributed by atoms with van der Waals surface area (Å²) in [4.78, 5) is 14.8. The van der Waals surface area contributed by atoms with E-state index in [-0.39, 0.29) is 5.91 Å². The van der Waals surface area contributed by atoms with Crippen LogP contribution >= 0.6 is 0 Å². The standard InChI is InChI=1S/C7H10BN3O2/c1-10-7(12)6-3-2-5(4-11-6)8(9)13/h2-4,13H,9H2,1H3,(H,10,12). The van der Waals surface area contributed by atoms with Gasteiger partial charge in [0.2, 0.25) is 0 Å². The van der Waals surface area contributed by atoms with E-state index in [2.05, 4.69) is 10.3 Å². The highest BCUT2D eigenvalue weighted by atomic mass is 16.2. The number of carbonyl (C=O) groups is 1. The summed E-state index contributed by atoms with van der Waals surface area (Å²) in [6, 6.07) is 3.06. The summed E-state index contributed by atoms with van der Waals surface area (Å²) in [5.74, 6) is -0.266. The third kappa shape index (κ3) is 2.27. The summed E-state index contributed by atoms with van der Waals surface area (Å²) < 4.78 is 0. The number of nitrogens with zero attached hydrogens (tertiary/aromatic N) is 1. The lowest BCUT2D eigenvalue weighted by molar-refractivity contribution is 0.0958. The van der Waals surface area contributed by atoms with Crippen LogP contribution in [0.15, 0.2) is 18.3 Å². The molecule has 13 heavy (non-hydrogen) atoms. The summed E-state index contributed by atoms with van der Waals surface area (Å²) in [5, 5.41) is 11.4. The Bertz CT molecular complexity index is 299. The first kappa shape index (κ1) is 9.69. The smallest absolute Gasteiger partial charge is 0.411 e. The first-order chi connectivity index (χ1) is 6.15. The zero-order valence-corrected chi connectivity index (χ0v) is 7.19. The molecular formula is C7H10BN3O2. The van der Waals surface area contributed by atoms with E-state index in [1.54, 1.807) is 6.07 Å². The minimum Gasteiger partial charge on any atom is -0.434 e. The molecule has 0 unspecified atom stereocenters. The van der Waals surface area contributed by atoms with Crippen LogP contribution in [0, 0.1) is 0 Å². The fourth-order valence-electron chi connectivity index (χ4n) is 0.843. The summed E-state index contributed by atoms with van der Waals surface area (Å²) in [7, 11) is 0.474. The molecule has 0 bridgehead atoms. The van der Waals surface area contributed by atoms with Crippen molar-refractivity contribution in [1.29, 1.82) is 0 Å². The maximum Gasteiger partial charge on any atom is 0.411 e. The molecule has 0 atom stereocenters. The number of carbonyl (C=O) groups excluding carboxylic acids is 1. The minimum atomic E-state index is -1.05. The van der Waals surface area contributed by atoms with Crippen LogP contribution in [0.3, 0.4) is 0 Å². The maximum atomic E-state index is 11.0. The van der Waals surface area contributed by atoms with E-state index >= 15 is 0 Å². The lowest BCUT2D eigenvalue weighted by Crippen LogP contribution is -2.40. The number of hydrogen-bond acceptors (Lipinski definition) is 4. The van der Waals surface area contributed by atoms with Gasteiger partial charge in [0.1, 0.15) is 5.69 Å². The normalized spacial score (nSPS) is 9.46. The Morgan fingerprint density at radius 1 is 1.69 bits per heavy atom. The molecular weight excluding hydrogens is 169 g/mol. The third-order valence-electron chi connectivity index (χ3n) is 1.59. The van der Waals surface area contributed by atoms with E-state index in [0.29, 0.717) is 11.2 Å². The summed E-state index contributed by atoms with van der Waals surface area (Å²) in [6.45, 7) is 0. The van der Waals surface area contributed by atoms with Gasteiger partial charge in [-0.05, 0) is 11.5 Å². The molecule has 1 aromatic rings. The number of nitrogens with one attached hydrogen (secondary N) is 1. The van der Waals surface area contributed by atoms with Crippen LogP contribution in [0.25, 0.3) is 0 Å². The van der Waals surface area contributed by atoms with Crippen molar-refractivity contribution in [3.8, 4) is 0 Å². The monoisotopic (exact) mass is 179 g/mol. The van der Waals surface area contributed by atoms with E-state index < -0.39 is 7.05 Å². The second-order valence-corrected chi connectivity index (χ2v) is 2.50. The van der Waals surface area contributed by atoms with E-state index in [1.807, 2.05) is 0 Å². The number of nitrogens with two attached hydrogens (primary N) is 1. The molecule has 0 saturated heterocycles. The highest BCUT2D eigenvalue weighted by Crippen LogP contribution is 1.90. The fraction of sp³-hybridized carbons (Fsp3) is 0.143. The van der Waals surface area contributed by atoms with Crippen molar-refractivity contribution < 1.29 is 9.82 Å². The van der Waals surface area contributed by atoms with Gasteiger partial charge >= 0.3 is 7.05 Å². The molecule has 5 nitrogen and oxygen atoms in total. The van der Waals surface area contributed by atoms with Gasteiger partial charge in [-0.15, -0.1) is 0 Å². The molecule has 0 saturated carbocycles. The fourth-order valence-corrected chi connectivity index (χ4v) is 0.843. The van der Waals surface area contributed by atoms with Gasteiger partial charge in [-0.25, -0.2) is 0 Å². The lowest BCUT2D eigenvalue weighted by Gasteiger charge is -2.01. The van der Waals surface area contributed by atoms with Crippen molar-refractivity contribution in [3.05, 3.63) is 24.0 Å². The van der Waals surface area contributed by atoms with Gasteiger partial charge < -0.3 is 16.0 Å². The Hall–Kier alpha value is -1.40. The Labute approximate surface area is 76.1 Å². The van der Waals surface area contributed by atoms with Gasteiger partial charge in [0, 0.05) is 13.2 Å². The Morgan fingerprint density at radius 3 is 2.77 bits per heavy atom. The summed E-state index contributed by atoms with van der Waals surface area (Å²) in [5.41, 5.74) is 5.96. The number of hydrogen-bond donors (Lipinski definition) is 3. The maximum absolute atomic E-state index is 11.0. The van der Waals surface area contributed by atoms with Crippen LogP contribution in [0.2, 0.25) is 0 Å². The molecule has 0 radical (unpaired) electrons. The van der Waals surface area contributed by atoms with E-state index in [0.717, 1.165) is 0 Å². The number of amides is 1. The van der Waals surface area contributed by atoms with Crippen molar-refractivity contribution in [1.82, 2.24) is 10.3 Å². The van der Waals surface area contributed by atoms with E-state index in [4.69, 9.17) is 10.7 Å². The van der Waals surface area contributed by atoms with Gasteiger partial charge in [-0.1, -0.05) is 6.07 Å². The third-order valence-corrected chi connectivity index (χ3v) is 1.59. The van der Waals surface area contributed by atoms with Crippen LogP contribution in [0.1, 0.15) is 10.5 Å². The molecule has 0 aliphatic rings. The quantitative estimate of drug-likeness (QED) is 0.462. The SMILES string of the molecule is CNC(=O)c1ccc(B(N)O)cn1. The number of aromatic nitrogens is 1. The van der Waals surface area contributed by atoms with Crippen molar-refractivity contribution in [2.24, 2.45) is 5.64 Å². The molecule has 0 spiro atoms. The predicted octanol–water partition coefficient (Wildman–Crippen LogP) is -1.91. The Kier molecular flexibility index (Phi) is 3.00. The van der Waals surface area contributed by atoms with Crippen molar-refractivity contribution >= 4 is 18.4 Å². The van der Waals surface area contributed by atoms with Crippen molar-refractivity contribution in [2.75, 3.05) is 7.05 Å². The molecule has 4 N–H and O–H groups in total. The van der Waals surface area contributed by atoms with Crippen LogP contribution < -0.4 is 16.4 Å². The largest absolute Gasteiger partial charge is 0.434 e. The molecule has 1 rings (SSSR count). The van der Waals surface area contributed by atoms with E-state index in [9.17, 15) is 4.79 Å². The minimum absolute atomic E-state index is 0.266.